The van der Waals surface area contributed by atoms with Gasteiger partial charge in [-0.1, -0.05) is 30.0 Å². The second kappa shape index (κ2) is 8.28. The van der Waals surface area contributed by atoms with Gasteiger partial charge >= 0.3 is 0 Å². The van der Waals surface area contributed by atoms with Gasteiger partial charge in [-0.15, -0.1) is 0 Å². The SMILES string of the molecule is C=C(N=C/C=C(\N)c1sc(NC)nc1C)Nc1cccc(CO)c1. The lowest BCUT2D eigenvalue weighted by Gasteiger charge is -2.06. The summed E-state index contributed by atoms with van der Waals surface area (Å²) >= 11 is 1.49. The number of rotatable bonds is 7. The smallest absolute Gasteiger partial charge is 0.183 e. The summed E-state index contributed by atoms with van der Waals surface area (Å²) in [7, 11) is 1.82. The summed E-state index contributed by atoms with van der Waals surface area (Å²) in [5.41, 5.74) is 9.19. The van der Waals surface area contributed by atoms with E-state index in [4.69, 9.17) is 10.8 Å². The maximum Gasteiger partial charge on any atom is 0.183 e. The summed E-state index contributed by atoms with van der Waals surface area (Å²) in [5.74, 6) is 0.478. The zero-order chi connectivity index (χ0) is 17.5. The van der Waals surface area contributed by atoms with E-state index < -0.39 is 0 Å². The molecule has 0 atom stereocenters. The molecule has 0 bridgehead atoms. The van der Waals surface area contributed by atoms with Crippen LogP contribution < -0.4 is 16.4 Å². The van der Waals surface area contributed by atoms with E-state index in [0.717, 1.165) is 27.0 Å². The second-order valence-electron chi connectivity index (χ2n) is 5.01. The number of benzene rings is 1. The molecule has 0 radical (unpaired) electrons. The molecule has 24 heavy (non-hydrogen) atoms. The minimum atomic E-state index is -0.00661. The Kier molecular flexibility index (Phi) is 6.11. The Morgan fingerprint density at radius 2 is 2.29 bits per heavy atom. The molecule has 0 saturated carbocycles. The molecule has 1 heterocycles. The Hall–Kier alpha value is -2.64. The Bertz CT molecular complexity index is 779. The summed E-state index contributed by atoms with van der Waals surface area (Å²) in [6.07, 6.45) is 3.32. The summed E-state index contributed by atoms with van der Waals surface area (Å²) in [6.45, 7) is 5.76. The number of aliphatic hydroxyl groups excluding tert-OH is 1. The highest BCUT2D eigenvalue weighted by Gasteiger charge is 2.08. The van der Waals surface area contributed by atoms with Crippen LogP contribution in [0.25, 0.3) is 5.70 Å². The molecule has 2 aromatic rings. The van der Waals surface area contributed by atoms with Crippen molar-refractivity contribution in [3.05, 3.63) is 58.9 Å². The number of nitrogens with two attached hydrogens (primary N) is 1. The first-order chi connectivity index (χ1) is 11.5. The van der Waals surface area contributed by atoms with Crippen LogP contribution in [0.2, 0.25) is 0 Å². The first kappa shape index (κ1) is 17.7. The molecule has 0 saturated heterocycles. The van der Waals surface area contributed by atoms with E-state index in [1.165, 1.54) is 11.3 Å². The van der Waals surface area contributed by atoms with Crippen molar-refractivity contribution < 1.29 is 5.11 Å². The van der Waals surface area contributed by atoms with Gasteiger partial charge in [-0.2, -0.15) is 0 Å². The number of aliphatic hydroxyl groups is 1. The summed E-state index contributed by atoms with van der Waals surface area (Å²) in [4.78, 5) is 9.49. The van der Waals surface area contributed by atoms with Crippen molar-refractivity contribution in [2.24, 2.45) is 10.7 Å². The lowest BCUT2D eigenvalue weighted by Crippen LogP contribution is -1.98. The molecule has 0 unspecified atom stereocenters. The van der Waals surface area contributed by atoms with Gasteiger partial charge in [-0.05, 0) is 30.7 Å². The van der Waals surface area contributed by atoms with Crippen LogP contribution in [0.15, 0.2) is 47.7 Å². The number of hydrogen-bond acceptors (Lipinski definition) is 7. The molecule has 0 aliphatic rings. The van der Waals surface area contributed by atoms with Crippen LogP contribution in [0.1, 0.15) is 16.1 Å². The fourth-order valence-corrected chi connectivity index (χ4v) is 2.86. The third kappa shape index (κ3) is 4.68. The van der Waals surface area contributed by atoms with Crippen LogP contribution in [0.3, 0.4) is 0 Å². The van der Waals surface area contributed by atoms with Crippen molar-refractivity contribution in [3.63, 3.8) is 0 Å². The Morgan fingerprint density at radius 3 is 2.96 bits per heavy atom. The second-order valence-corrected chi connectivity index (χ2v) is 6.01. The van der Waals surface area contributed by atoms with Gasteiger partial charge in [0.2, 0.25) is 0 Å². The maximum atomic E-state index is 9.14. The molecule has 0 amide bonds. The number of aliphatic imine (C=N–C) groups is 1. The van der Waals surface area contributed by atoms with E-state index >= 15 is 0 Å². The van der Waals surface area contributed by atoms with Gasteiger partial charge in [0.25, 0.3) is 0 Å². The normalized spacial score (nSPS) is 11.7. The first-order valence-electron chi connectivity index (χ1n) is 7.34. The summed E-state index contributed by atoms with van der Waals surface area (Å²) < 4.78 is 0. The molecule has 0 spiro atoms. The third-order valence-electron chi connectivity index (χ3n) is 3.16. The fourth-order valence-electron chi connectivity index (χ4n) is 2.00. The Balaban J connectivity index is 2.01. The minimum Gasteiger partial charge on any atom is -0.397 e. The van der Waals surface area contributed by atoms with Crippen molar-refractivity contribution in [1.82, 2.24) is 4.98 Å². The number of hydrogen-bond donors (Lipinski definition) is 4. The van der Waals surface area contributed by atoms with Crippen molar-refractivity contribution in [1.29, 1.82) is 0 Å². The summed E-state index contributed by atoms with van der Waals surface area (Å²) in [6, 6.07) is 7.42. The van der Waals surface area contributed by atoms with Gasteiger partial charge in [0.15, 0.2) is 5.13 Å². The summed E-state index contributed by atoms with van der Waals surface area (Å²) in [5, 5.41) is 16.0. The van der Waals surface area contributed by atoms with E-state index in [2.05, 4.69) is 27.2 Å². The van der Waals surface area contributed by atoms with Crippen LogP contribution in [0.4, 0.5) is 10.8 Å². The van der Waals surface area contributed by atoms with E-state index in [1.807, 2.05) is 38.2 Å². The minimum absolute atomic E-state index is 0.00661. The largest absolute Gasteiger partial charge is 0.397 e. The zero-order valence-corrected chi connectivity index (χ0v) is 14.5. The number of aromatic nitrogens is 1. The average molecular weight is 343 g/mol. The van der Waals surface area contributed by atoms with E-state index in [0.29, 0.717) is 11.5 Å². The zero-order valence-electron chi connectivity index (χ0n) is 13.7. The molecule has 1 aromatic carbocycles. The third-order valence-corrected chi connectivity index (χ3v) is 4.38. The number of thiazole rings is 1. The quantitative estimate of drug-likeness (QED) is 0.580. The number of aryl methyl sites for hydroxylation is 1. The van der Waals surface area contributed by atoms with E-state index in [1.54, 1.807) is 12.3 Å². The van der Waals surface area contributed by atoms with Gasteiger partial charge in [0.05, 0.1) is 22.9 Å². The lowest BCUT2D eigenvalue weighted by molar-refractivity contribution is 0.282. The highest BCUT2D eigenvalue weighted by Crippen LogP contribution is 2.26. The Labute approximate surface area is 145 Å². The molecule has 0 fully saturated rings. The van der Waals surface area contributed by atoms with Crippen LogP contribution in [0.5, 0.6) is 0 Å². The van der Waals surface area contributed by atoms with Crippen molar-refractivity contribution in [2.45, 2.75) is 13.5 Å². The monoisotopic (exact) mass is 343 g/mol. The van der Waals surface area contributed by atoms with Crippen molar-refractivity contribution in [3.8, 4) is 0 Å². The number of nitrogens with zero attached hydrogens (tertiary/aromatic N) is 2. The molecule has 1 aromatic heterocycles. The highest BCUT2D eigenvalue weighted by atomic mass is 32.1. The van der Waals surface area contributed by atoms with Gasteiger partial charge in [-0.25, -0.2) is 9.98 Å². The van der Waals surface area contributed by atoms with Crippen LogP contribution in [-0.2, 0) is 6.61 Å². The van der Waals surface area contributed by atoms with Crippen LogP contribution >= 0.6 is 11.3 Å². The maximum absolute atomic E-state index is 9.14. The predicted molar refractivity (Wildman–Crippen MR) is 102 cm³/mol. The average Bonchev–Trinajstić information content (AvgIpc) is 2.96. The predicted octanol–water partition coefficient (Wildman–Crippen LogP) is 2.94. The molecule has 5 N–H and O–H groups in total. The fraction of sp³-hybridized carbons (Fsp3) is 0.176. The molecule has 126 valence electrons. The van der Waals surface area contributed by atoms with E-state index in [-0.39, 0.29) is 6.61 Å². The molecule has 0 aliphatic carbocycles. The molecule has 2 rings (SSSR count). The standard InChI is InChI=1S/C17H21N5OS/c1-11-16(24-17(19-3)21-11)15(18)7-8-20-12(2)22-14-6-4-5-13(9-14)10-23/h4-9,22-23H,2,10,18H2,1,3H3,(H,19,21)/b15-7-,20-8?. The molecule has 6 nitrogen and oxygen atoms in total. The highest BCUT2D eigenvalue weighted by molar-refractivity contribution is 7.16. The lowest BCUT2D eigenvalue weighted by atomic mass is 10.2. The van der Waals surface area contributed by atoms with E-state index in [9.17, 15) is 0 Å². The number of allylic oxidation sites excluding steroid dienone is 1. The van der Waals surface area contributed by atoms with Gasteiger partial charge in [-0.3, -0.25) is 0 Å². The number of anilines is 2. The van der Waals surface area contributed by atoms with Gasteiger partial charge in [0.1, 0.15) is 5.82 Å². The van der Waals surface area contributed by atoms with Crippen LogP contribution in [-0.4, -0.2) is 23.4 Å². The van der Waals surface area contributed by atoms with Crippen molar-refractivity contribution >= 4 is 34.1 Å². The van der Waals surface area contributed by atoms with Crippen molar-refractivity contribution in [2.75, 3.05) is 17.7 Å². The molecular formula is C17H21N5OS. The molecule has 7 heteroatoms. The van der Waals surface area contributed by atoms with Gasteiger partial charge < -0.3 is 21.5 Å². The number of nitrogens with one attached hydrogen (secondary N) is 2. The van der Waals surface area contributed by atoms with Gasteiger partial charge in [0, 0.05) is 18.9 Å². The Morgan fingerprint density at radius 1 is 1.50 bits per heavy atom. The topological polar surface area (TPSA) is 95.6 Å². The molecule has 0 aliphatic heterocycles. The first-order valence-corrected chi connectivity index (χ1v) is 8.16. The van der Waals surface area contributed by atoms with Crippen LogP contribution in [0, 0.1) is 6.92 Å². The molecular weight excluding hydrogens is 322 g/mol.